The summed E-state index contributed by atoms with van der Waals surface area (Å²) in [6.45, 7) is 8.98. The zero-order chi connectivity index (χ0) is 14.0. The summed E-state index contributed by atoms with van der Waals surface area (Å²) in [5.41, 5.74) is 3.96. The minimum Gasteiger partial charge on any atom is -0.396 e. The minimum absolute atomic E-state index is 0.237. The van der Waals surface area contributed by atoms with Gasteiger partial charge in [-0.2, -0.15) is 0 Å². The molecule has 1 aliphatic rings. The van der Waals surface area contributed by atoms with Gasteiger partial charge in [-0.3, -0.25) is 4.90 Å². The fourth-order valence-electron chi connectivity index (χ4n) is 3.01. The number of hydrogen-bond acceptors (Lipinski definition) is 2. The molecule has 1 N–H and O–H groups in total. The summed E-state index contributed by atoms with van der Waals surface area (Å²) in [6.07, 6.45) is 2.55. The van der Waals surface area contributed by atoms with E-state index < -0.39 is 0 Å². The van der Waals surface area contributed by atoms with Gasteiger partial charge in [-0.05, 0) is 68.5 Å². The summed E-state index contributed by atoms with van der Waals surface area (Å²) in [5, 5.41) is 9.60. The maximum Gasteiger partial charge on any atom is 0.0474 e. The van der Waals surface area contributed by atoms with Crippen molar-refractivity contribution >= 4 is 15.9 Å². The Bertz CT molecular complexity index is 441. The lowest BCUT2D eigenvalue weighted by Crippen LogP contribution is -2.32. The molecule has 1 heterocycles. The van der Waals surface area contributed by atoms with Gasteiger partial charge in [0.25, 0.3) is 0 Å². The van der Waals surface area contributed by atoms with Gasteiger partial charge in [0.1, 0.15) is 0 Å². The standard InChI is InChI=1S/C16H24BrNO/c1-11-8-14(15(17)9-12(11)2)16(13(3)10-19)18-6-4-5-7-18/h8-9,13,16,19H,4-7,10H2,1-3H3. The molecule has 2 atom stereocenters. The first-order valence-corrected chi connectivity index (χ1v) is 7.95. The van der Waals surface area contributed by atoms with Crippen molar-refractivity contribution in [3.8, 4) is 0 Å². The number of benzene rings is 1. The quantitative estimate of drug-likeness (QED) is 0.909. The lowest BCUT2D eigenvalue weighted by molar-refractivity contribution is 0.125. The Morgan fingerprint density at radius 2 is 1.79 bits per heavy atom. The molecule has 19 heavy (non-hydrogen) atoms. The molecule has 0 radical (unpaired) electrons. The summed E-state index contributed by atoms with van der Waals surface area (Å²) in [7, 11) is 0. The van der Waals surface area contributed by atoms with Crippen molar-refractivity contribution in [2.45, 2.75) is 39.7 Å². The normalized spacial score (nSPS) is 19.6. The molecule has 1 aromatic rings. The second-order valence-corrected chi connectivity index (χ2v) is 6.66. The summed E-state index contributed by atoms with van der Waals surface area (Å²) in [5.74, 6) is 0.261. The highest BCUT2D eigenvalue weighted by Gasteiger charge is 2.29. The molecule has 2 rings (SSSR count). The summed E-state index contributed by atoms with van der Waals surface area (Å²) < 4.78 is 1.17. The van der Waals surface area contributed by atoms with Gasteiger partial charge in [-0.1, -0.05) is 28.9 Å². The Balaban J connectivity index is 2.39. The average Bonchev–Trinajstić information content (AvgIpc) is 2.89. The van der Waals surface area contributed by atoms with Crippen molar-refractivity contribution < 1.29 is 5.11 Å². The number of aryl methyl sites for hydroxylation is 2. The molecule has 0 aromatic heterocycles. The average molecular weight is 326 g/mol. The highest BCUT2D eigenvalue weighted by molar-refractivity contribution is 9.10. The number of hydrogen-bond donors (Lipinski definition) is 1. The molecule has 1 aliphatic heterocycles. The van der Waals surface area contributed by atoms with E-state index in [0.29, 0.717) is 6.04 Å². The second-order valence-electron chi connectivity index (χ2n) is 5.81. The Kier molecular flexibility index (Phi) is 5.04. The fourth-order valence-corrected chi connectivity index (χ4v) is 3.71. The third kappa shape index (κ3) is 3.21. The van der Waals surface area contributed by atoms with E-state index in [1.54, 1.807) is 0 Å². The van der Waals surface area contributed by atoms with Crippen molar-refractivity contribution in [1.82, 2.24) is 4.90 Å². The monoisotopic (exact) mass is 325 g/mol. The van der Waals surface area contributed by atoms with E-state index in [2.05, 4.69) is 53.7 Å². The van der Waals surface area contributed by atoms with Gasteiger partial charge in [0.2, 0.25) is 0 Å². The molecule has 1 saturated heterocycles. The maximum absolute atomic E-state index is 9.60. The first-order chi connectivity index (χ1) is 9.04. The Morgan fingerprint density at radius 3 is 2.37 bits per heavy atom. The third-order valence-electron chi connectivity index (χ3n) is 4.29. The van der Waals surface area contributed by atoms with Crippen LogP contribution in [0.15, 0.2) is 16.6 Å². The molecule has 0 spiro atoms. The number of aliphatic hydroxyl groups excluding tert-OH is 1. The number of nitrogens with zero attached hydrogens (tertiary/aromatic N) is 1. The summed E-state index contributed by atoms with van der Waals surface area (Å²) in [6, 6.07) is 4.81. The molecular weight excluding hydrogens is 302 g/mol. The van der Waals surface area contributed by atoms with Crippen LogP contribution in [0, 0.1) is 19.8 Å². The lowest BCUT2D eigenvalue weighted by Gasteiger charge is -2.33. The SMILES string of the molecule is Cc1cc(Br)c(C(C(C)CO)N2CCCC2)cc1C. The summed E-state index contributed by atoms with van der Waals surface area (Å²) >= 11 is 3.72. The van der Waals surface area contributed by atoms with Gasteiger partial charge in [0.15, 0.2) is 0 Å². The molecule has 1 aromatic carbocycles. The topological polar surface area (TPSA) is 23.5 Å². The van der Waals surface area contributed by atoms with Crippen LogP contribution in [0.5, 0.6) is 0 Å². The van der Waals surface area contributed by atoms with Crippen molar-refractivity contribution in [2.24, 2.45) is 5.92 Å². The first-order valence-electron chi connectivity index (χ1n) is 7.16. The summed E-state index contributed by atoms with van der Waals surface area (Å²) in [4.78, 5) is 2.52. The predicted octanol–water partition coefficient (Wildman–Crippen LogP) is 3.83. The zero-order valence-electron chi connectivity index (χ0n) is 12.1. The van der Waals surface area contributed by atoms with E-state index in [9.17, 15) is 5.11 Å². The molecule has 0 saturated carbocycles. The van der Waals surface area contributed by atoms with Gasteiger partial charge in [-0.25, -0.2) is 0 Å². The molecule has 3 heteroatoms. The highest BCUT2D eigenvalue weighted by Crippen LogP contribution is 2.36. The smallest absolute Gasteiger partial charge is 0.0474 e. The molecule has 2 unspecified atom stereocenters. The van der Waals surface area contributed by atoms with Gasteiger partial charge >= 0.3 is 0 Å². The predicted molar refractivity (Wildman–Crippen MR) is 83.4 cm³/mol. The molecule has 2 nitrogen and oxygen atoms in total. The minimum atomic E-state index is 0.237. The largest absolute Gasteiger partial charge is 0.396 e. The maximum atomic E-state index is 9.60. The molecule has 1 fully saturated rings. The highest BCUT2D eigenvalue weighted by atomic mass is 79.9. The molecule has 0 bridgehead atoms. The number of halogens is 1. The fraction of sp³-hybridized carbons (Fsp3) is 0.625. The lowest BCUT2D eigenvalue weighted by atomic mass is 9.91. The van der Waals surface area contributed by atoms with E-state index in [4.69, 9.17) is 0 Å². The van der Waals surface area contributed by atoms with Crippen LogP contribution < -0.4 is 0 Å². The van der Waals surface area contributed by atoms with Gasteiger partial charge in [0.05, 0.1) is 0 Å². The van der Waals surface area contributed by atoms with Gasteiger partial charge < -0.3 is 5.11 Å². The number of aliphatic hydroxyl groups is 1. The van der Waals surface area contributed by atoms with Crippen LogP contribution in [-0.2, 0) is 0 Å². The van der Waals surface area contributed by atoms with Crippen LogP contribution in [0.2, 0.25) is 0 Å². The van der Waals surface area contributed by atoms with Crippen LogP contribution in [0.25, 0.3) is 0 Å². The number of likely N-dealkylation sites (tertiary alicyclic amines) is 1. The van der Waals surface area contributed by atoms with Crippen LogP contribution in [0.1, 0.15) is 42.5 Å². The van der Waals surface area contributed by atoms with E-state index in [-0.39, 0.29) is 12.5 Å². The number of rotatable bonds is 4. The molecule has 0 aliphatic carbocycles. The van der Waals surface area contributed by atoms with Crippen molar-refractivity contribution in [3.63, 3.8) is 0 Å². The molecular formula is C16H24BrNO. The Labute approximate surface area is 124 Å². The van der Waals surface area contributed by atoms with Gasteiger partial charge in [-0.15, -0.1) is 0 Å². The zero-order valence-corrected chi connectivity index (χ0v) is 13.7. The van der Waals surface area contributed by atoms with Crippen LogP contribution in [0.4, 0.5) is 0 Å². The molecule has 0 amide bonds. The van der Waals surface area contributed by atoms with E-state index in [1.807, 2.05) is 0 Å². The Hall–Kier alpha value is -0.380. The van der Waals surface area contributed by atoms with Crippen LogP contribution in [-0.4, -0.2) is 29.7 Å². The van der Waals surface area contributed by atoms with Crippen molar-refractivity contribution in [3.05, 3.63) is 33.3 Å². The second kappa shape index (κ2) is 6.38. The van der Waals surface area contributed by atoms with Crippen molar-refractivity contribution in [1.29, 1.82) is 0 Å². The first kappa shape index (κ1) is 15.0. The van der Waals surface area contributed by atoms with E-state index >= 15 is 0 Å². The Morgan fingerprint density at radius 1 is 1.21 bits per heavy atom. The van der Waals surface area contributed by atoms with E-state index in [1.165, 1.54) is 34.0 Å². The van der Waals surface area contributed by atoms with Crippen LogP contribution >= 0.6 is 15.9 Å². The van der Waals surface area contributed by atoms with Gasteiger partial charge in [0, 0.05) is 17.1 Å². The molecule has 106 valence electrons. The van der Waals surface area contributed by atoms with E-state index in [0.717, 1.165) is 13.1 Å². The van der Waals surface area contributed by atoms with Crippen LogP contribution in [0.3, 0.4) is 0 Å². The van der Waals surface area contributed by atoms with Crippen molar-refractivity contribution in [2.75, 3.05) is 19.7 Å². The third-order valence-corrected chi connectivity index (χ3v) is 4.98.